The summed E-state index contributed by atoms with van der Waals surface area (Å²) in [5.74, 6) is 0.0385. The Bertz CT molecular complexity index is 792. The quantitative estimate of drug-likeness (QED) is 0.717. The number of furan rings is 1. The molecule has 0 aliphatic rings. The number of hydrogen-bond donors (Lipinski definition) is 0. The second kappa shape index (κ2) is 5.64. The Morgan fingerprint density at radius 2 is 1.91 bits per heavy atom. The number of hydrogen-bond acceptors (Lipinski definition) is 2. The molecule has 0 fully saturated rings. The van der Waals surface area contributed by atoms with Gasteiger partial charge in [0, 0.05) is 18.0 Å². The van der Waals surface area contributed by atoms with Crippen LogP contribution in [0.1, 0.15) is 29.1 Å². The molecular weight excluding hydrogens is 281 g/mol. The van der Waals surface area contributed by atoms with E-state index in [4.69, 9.17) is 4.42 Å². The van der Waals surface area contributed by atoms with Crippen molar-refractivity contribution in [2.75, 3.05) is 7.05 Å². The molecule has 1 atom stereocenters. The average molecular weight is 297 g/mol. The van der Waals surface area contributed by atoms with Crippen molar-refractivity contribution < 1.29 is 13.6 Å². The van der Waals surface area contributed by atoms with Gasteiger partial charge in [0.1, 0.15) is 17.2 Å². The zero-order valence-electron chi connectivity index (χ0n) is 12.4. The first-order chi connectivity index (χ1) is 10.6. The molecule has 0 bridgehead atoms. The van der Waals surface area contributed by atoms with Crippen molar-refractivity contribution in [2.24, 2.45) is 0 Å². The molecule has 3 aromatic rings. The van der Waals surface area contributed by atoms with E-state index in [1.807, 2.05) is 37.3 Å². The maximum atomic E-state index is 13.3. The van der Waals surface area contributed by atoms with Crippen LogP contribution in [0.15, 0.2) is 59.0 Å². The van der Waals surface area contributed by atoms with Crippen LogP contribution in [-0.2, 0) is 0 Å². The minimum Gasteiger partial charge on any atom is -0.459 e. The molecular formula is C18H16FNO2. The van der Waals surface area contributed by atoms with Crippen molar-refractivity contribution in [3.63, 3.8) is 0 Å². The molecule has 0 aliphatic carbocycles. The van der Waals surface area contributed by atoms with Gasteiger partial charge in [-0.2, -0.15) is 0 Å². The van der Waals surface area contributed by atoms with Gasteiger partial charge in [-0.25, -0.2) is 4.39 Å². The van der Waals surface area contributed by atoms with E-state index in [1.165, 1.54) is 18.2 Å². The smallest absolute Gasteiger partial charge is 0.254 e. The molecule has 1 unspecified atom stereocenters. The SMILES string of the molecule is CC(c1cc2ccccc2o1)N(C)C(=O)c1cccc(F)c1. The van der Waals surface area contributed by atoms with Crippen LogP contribution in [0.4, 0.5) is 4.39 Å². The normalized spacial score (nSPS) is 12.3. The molecule has 1 amide bonds. The van der Waals surface area contributed by atoms with Gasteiger partial charge in [-0.1, -0.05) is 24.3 Å². The van der Waals surface area contributed by atoms with Gasteiger partial charge in [0.2, 0.25) is 0 Å². The molecule has 0 aliphatic heterocycles. The zero-order valence-corrected chi connectivity index (χ0v) is 12.4. The average Bonchev–Trinajstić information content (AvgIpc) is 2.96. The third-order valence-electron chi connectivity index (χ3n) is 3.83. The van der Waals surface area contributed by atoms with Crippen LogP contribution in [-0.4, -0.2) is 17.9 Å². The molecule has 0 saturated carbocycles. The fraction of sp³-hybridized carbons (Fsp3) is 0.167. The molecule has 112 valence electrons. The first-order valence-electron chi connectivity index (χ1n) is 7.07. The number of rotatable bonds is 3. The topological polar surface area (TPSA) is 33.5 Å². The van der Waals surface area contributed by atoms with Gasteiger partial charge in [0.05, 0.1) is 6.04 Å². The minimum absolute atomic E-state index is 0.243. The highest BCUT2D eigenvalue weighted by atomic mass is 19.1. The van der Waals surface area contributed by atoms with Gasteiger partial charge in [0.15, 0.2) is 0 Å². The predicted molar refractivity (Wildman–Crippen MR) is 83.1 cm³/mol. The van der Waals surface area contributed by atoms with Crippen molar-refractivity contribution in [2.45, 2.75) is 13.0 Å². The molecule has 1 heterocycles. The lowest BCUT2D eigenvalue weighted by Gasteiger charge is -2.23. The van der Waals surface area contributed by atoms with Gasteiger partial charge in [-0.15, -0.1) is 0 Å². The number of amides is 1. The second-order valence-electron chi connectivity index (χ2n) is 5.29. The fourth-order valence-electron chi connectivity index (χ4n) is 2.40. The Morgan fingerprint density at radius 3 is 2.64 bits per heavy atom. The van der Waals surface area contributed by atoms with Crippen molar-refractivity contribution in [3.05, 3.63) is 71.7 Å². The van der Waals surface area contributed by atoms with E-state index in [0.717, 1.165) is 11.0 Å². The van der Waals surface area contributed by atoms with E-state index >= 15 is 0 Å². The molecule has 3 rings (SSSR count). The monoisotopic (exact) mass is 297 g/mol. The lowest BCUT2D eigenvalue weighted by Crippen LogP contribution is -2.29. The highest BCUT2D eigenvalue weighted by Gasteiger charge is 2.22. The zero-order chi connectivity index (χ0) is 15.7. The number of halogens is 1. The maximum absolute atomic E-state index is 13.3. The van der Waals surface area contributed by atoms with Gasteiger partial charge < -0.3 is 9.32 Å². The van der Waals surface area contributed by atoms with Crippen LogP contribution < -0.4 is 0 Å². The fourth-order valence-corrected chi connectivity index (χ4v) is 2.40. The molecule has 3 nitrogen and oxygen atoms in total. The standard InChI is InChI=1S/C18H16FNO2/c1-12(17-11-13-6-3-4-9-16(13)22-17)20(2)18(21)14-7-5-8-15(19)10-14/h3-12H,1-2H3. The summed E-state index contributed by atoms with van der Waals surface area (Å²) in [6, 6.07) is 15.1. The highest BCUT2D eigenvalue weighted by Crippen LogP contribution is 2.27. The molecule has 22 heavy (non-hydrogen) atoms. The minimum atomic E-state index is -0.421. The molecule has 0 spiro atoms. The number of carbonyl (C=O) groups is 1. The lowest BCUT2D eigenvalue weighted by molar-refractivity contribution is 0.0727. The number of fused-ring (bicyclic) bond motifs is 1. The summed E-state index contributed by atoms with van der Waals surface area (Å²) in [4.78, 5) is 14.0. The molecule has 2 aromatic carbocycles. The van der Waals surface area contributed by atoms with E-state index in [0.29, 0.717) is 11.3 Å². The summed E-state index contributed by atoms with van der Waals surface area (Å²) in [6.45, 7) is 1.88. The summed E-state index contributed by atoms with van der Waals surface area (Å²) < 4.78 is 19.1. The number of para-hydroxylation sites is 1. The van der Waals surface area contributed by atoms with Crippen molar-refractivity contribution in [1.29, 1.82) is 0 Å². The van der Waals surface area contributed by atoms with Gasteiger partial charge in [-0.3, -0.25) is 4.79 Å². The largest absolute Gasteiger partial charge is 0.459 e. The Hall–Kier alpha value is -2.62. The van der Waals surface area contributed by atoms with E-state index in [2.05, 4.69) is 0 Å². The Kier molecular flexibility index (Phi) is 3.67. The Balaban J connectivity index is 1.87. The van der Waals surface area contributed by atoms with E-state index in [-0.39, 0.29) is 11.9 Å². The third kappa shape index (κ3) is 2.60. The highest BCUT2D eigenvalue weighted by molar-refractivity contribution is 5.94. The summed E-state index contributed by atoms with van der Waals surface area (Å²) in [6.07, 6.45) is 0. The van der Waals surface area contributed by atoms with Gasteiger partial charge in [-0.05, 0) is 37.3 Å². The summed E-state index contributed by atoms with van der Waals surface area (Å²) >= 11 is 0. The van der Waals surface area contributed by atoms with E-state index < -0.39 is 5.82 Å². The summed E-state index contributed by atoms with van der Waals surface area (Å²) in [5.41, 5.74) is 1.11. The van der Waals surface area contributed by atoms with Crippen LogP contribution in [0.25, 0.3) is 11.0 Å². The van der Waals surface area contributed by atoms with Crippen molar-refractivity contribution in [3.8, 4) is 0 Å². The maximum Gasteiger partial charge on any atom is 0.254 e. The molecule has 0 saturated heterocycles. The first-order valence-corrected chi connectivity index (χ1v) is 7.07. The first kappa shape index (κ1) is 14.3. The number of nitrogens with zero attached hydrogens (tertiary/aromatic N) is 1. The Morgan fingerprint density at radius 1 is 1.14 bits per heavy atom. The van der Waals surface area contributed by atoms with Crippen LogP contribution in [0.2, 0.25) is 0 Å². The van der Waals surface area contributed by atoms with Crippen LogP contribution in [0, 0.1) is 5.82 Å². The lowest BCUT2D eigenvalue weighted by atomic mass is 10.1. The second-order valence-corrected chi connectivity index (χ2v) is 5.29. The summed E-state index contributed by atoms with van der Waals surface area (Å²) in [5, 5.41) is 0.996. The molecule has 0 N–H and O–H groups in total. The predicted octanol–water partition coefficient (Wildman–Crippen LogP) is 4.41. The number of carbonyl (C=O) groups excluding carboxylic acids is 1. The molecule has 0 radical (unpaired) electrons. The molecule has 1 aromatic heterocycles. The van der Waals surface area contributed by atoms with Crippen molar-refractivity contribution >= 4 is 16.9 Å². The van der Waals surface area contributed by atoms with Crippen LogP contribution >= 0.6 is 0 Å². The summed E-state index contributed by atoms with van der Waals surface area (Å²) in [7, 11) is 1.69. The van der Waals surface area contributed by atoms with E-state index in [1.54, 1.807) is 18.0 Å². The van der Waals surface area contributed by atoms with Crippen molar-refractivity contribution in [1.82, 2.24) is 4.90 Å². The van der Waals surface area contributed by atoms with Crippen LogP contribution in [0.3, 0.4) is 0 Å². The Labute approximate surface area is 128 Å². The molecule has 4 heteroatoms. The van der Waals surface area contributed by atoms with E-state index in [9.17, 15) is 9.18 Å². The van der Waals surface area contributed by atoms with Gasteiger partial charge >= 0.3 is 0 Å². The number of benzene rings is 2. The van der Waals surface area contributed by atoms with Crippen LogP contribution in [0.5, 0.6) is 0 Å². The van der Waals surface area contributed by atoms with Gasteiger partial charge in [0.25, 0.3) is 5.91 Å². The third-order valence-corrected chi connectivity index (χ3v) is 3.83.